The maximum absolute atomic E-state index is 12.0. The summed E-state index contributed by atoms with van der Waals surface area (Å²) in [6, 6.07) is 0. The monoisotopic (exact) mass is 400 g/mol. The summed E-state index contributed by atoms with van der Waals surface area (Å²) in [4.78, 5) is 12.0. The molecule has 168 valence electrons. The van der Waals surface area contributed by atoms with Crippen molar-refractivity contribution in [3.63, 3.8) is 0 Å². The molecule has 0 aliphatic heterocycles. The highest BCUT2D eigenvalue weighted by molar-refractivity contribution is 5.79. The van der Waals surface area contributed by atoms with Crippen LogP contribution in [0.2, 0.25) is 0 Å². The largest absolute Gasteiger partial charge is 0.314 e. The lowest BCUT2D eigenvalue weighted by molar-refractivity contribution is -0.152. The van der Waals surface area contributed by atoms with Crippen LogP contribution in [0.1, 0.15) is 123 Å². The molecular weight excluding hydrogens is 352 g/mol. The van der Waals surface area contributed by atoms with E-state index in [1.54, 1.807) is 0 Å². The summed E-state index contributed by atoms with van der Waals surface area (Å²) in [5.41, 5.74) is 22.5. The molecule has 0 heterocycles. The summed E-state index contributed by atoms with van der Waals surface area (Å²) in [7, 11) is 0. The molecule has 8 N–H and O–H groups in total. The van der Waals surface area contributed by atoms with Gasteiger partial charge in [-0.25, -0.2) is 0 Å². The molecule has 0 aromatic carbocycles. The molecule has 0 unspecified atom stereocenters. The summed E-state index contributed by atoms with van der Waals surface area (Å²) in [5.74, 6) is -3.06. The normalized spacial score (nSPS) is 12.5. The van der Waals surface area contributed by atoms with E-state index in [-0.39, 0.29) is 12.2 Å². The van der Waals surface area contributed by atoms with E-state index in [9.17, 15) is 4.79 Å². The van der Waals surface area contributed by atoms with Crippen molar-refractivity contribution >= 4 is 5.78 Å². The van der Waals surface area contributed by atoms with E-state index < -0.39 is 11.7 Å². The maximum Gasteiger partial charge on any atom is 0.180 e. The molecule has 0 fully saturated rings. The Balaban J connectivity index is 3.40. The SMILES string of the molecule is CCCCCCCCCCCCCCCCCC(=O)CC(N)(N)OC(C)(N)N. The number of carbonyl (C=O) groups excluding carboxylic acids is 1. The van der Waals surface area contributed by atoms with E-state index >= 15 is 0 Å². The summed E-state index contributed by atoms with van der Waals surface area (Å²) < 4.78 is 5.11. The molecule has 0 aliphatic rings. The first-order valence-electron chi connectivity index (χ1n) is 11.5. The quantitative estimate of drug-likeness (QED) is 0.177. The second-order valence-electron chi connectivity index (χ2n) is 8.66. The zero-order valence-corrected chi connectivity index (χ0v) is 18.6. The number of ketones is 1. The number of unbranched alkanes of at least 4 members (excludes halogenated alkanes) is 14. The van der Waals surface area contributed by atoms with Crippen molar-refractivity contribution in [2.24, 2.45) is 22.9 Å². The van der Waals surface area contributed by atoms with E-state index in [4.69, 9.17) is 27.7 Å². The van der Waals surface area contributed by atoms with Crippen molar-refractivity contribution in [3.05, 3.63) is 0 Å². The number of rotatable bonds is 20. The van der Waals surface area contributed by atoms with Gasteiger partial charge in [0.05, 0.1) is 6.42 Å². The molecule has 0 spiro atoms. The van der Waals surface area contributed by atoms with Gasteiger partial charge in [-0.3, -0.25) is 27.7 Å². The average Bonchev–Trinajstić information content (AvgIpc) is 2.55. The second kappa shape index (κ2) is 16.3. The van der Waals surface area contributed by atoms with Gasteiger partial charge in [0.25, 0.3) is 0 Å². The first-order chi connectivity index (χ1) is 13.2. The maximum atomic E-state index is 12.0. The van der Waals surface area contributed by atoms with Crippen LogP contribution in [0.25, 0.3) is 0 Å². The van der Waals surface area contributed by atoms with Crippen molar-refractivity contribution in [3.8, 4) is 0 Å². The first-order valence-corrected chi connectivity index (χ1v) is 11.5. The number of Topliss-reactive ketones (excluding diaryl/α,β-unsaturated/α-hetero) is 1. The molecular formula is C22H48N4O2. The molecule has 0 amide bonds. The Kier molecular flexibility index (Phi) is 16.0. The fourth-order valence-electron chi connectivity index (χ4n) is 3.54. The molecule has 28 heavy (non-hydrogen) atoms. The van der Waals surface area contributed by atoms with Crippen LogP contribution in [0.15, 0.2) is 0 Å². The Morgan fingerprint density at radius 1 is 0.679 bits per heavy atom. The van der Waals surface area contributed by atoms with Crippen LogP contribution in [0, 0.1) is 0 Å². The van der Waals surface area contributed by atoms with Crippen molar-refractivity contribution in [2.75, 3.05) is 0 Å². The zero-order valence-electron chi connectivity index (χ0n) is 18.6. The summed E-state index contributed by atoms with van der Waals surface area (Å²) in [5, 5.41) is 0. The van der Waals surface area contributed by atoms with E-state index in [2.05, 4.69) is 6.92 Å². The predicted molar refractivity (Wildman–Crippen MR) is 118 cm³/mol. The number of ether oxygens (including phenoxy) is 1. The molecule has 0 bridgehead atoms. The van der Waals surface area contributed by atoms with E-state index in [0.29, 0.717) is 6.42 Å². The Hall–Kier alpha value is -0.530. The zero-order chi connectivity index (χ0) is 21.3. The average molecular weight is 401 g/mol. The number of hydrogen-bond acceptors (Lipinski definition) is 6. The number of nitrogens with two attached hydrogens (primary N) is 4. The van der Waals surface area contributed by atoms with Crippen molar-refractivity contribution in [1.29, 1.82) is 0 Å². The first kappa shape index (κ1) is 27.5. The standard InChI is InChI=1S/C22H48N4O2/c1-3-4-5-6-7-8-9-10-11-12-13-14-15-16-17-18-20(27)19-22(25,26)28-21(2,23)24/h3-19,23-26H2,1-2H3. The molecule has 0 saturated heterocycles. The minimum Gasteiger partial charge on any atom is -0.314 e. The van der Waals surface area contributed by atoms with Crippen LogP contribution in [0.3, 0.4) is 0 Å². The fraction of sp³-hybridized carbons (Fsp3) is 0.955. The summed E-state index contributed by atoms with van der Waals surface area (Å²) >= 11 is 0. The minimum absolute atomic E-state index is 0.0102. The van der Waals surface area contributed by atoms with Crippen molar-refractivity contribution in [1.82, 2.24) is 0 Å². The third-order valence-electron chi connectivity index (χ3n) is 4.94. The molecule has 0 rings (SSSR count). The van der Waals surface area contributed by atoms with Gasteiger partial charge >= 0.3 is 0 Å². The lowest BCUT2D eigenvalue weighted by Gasteiger charge is -2.31. The van der Waals surface area contributed by atoms with Gasteiger partial charge in [-0.2, -0.15) is 0 Å². The van der Waals surface area contributed by atoms with Gasteiger partial charge in [0.15, 0.2) is 11.7 Å². The van der Waals surface area contributed by atoms with Gasteiger partial charge in [-0.05, 0) is 13.3 Å². The summed E-state index contributed by atoms with van der Waals surface area (Å²) in [6.07, 6.45) is 19.9. The molecule has 0 atom stereocenters. The van der Waals surface area contributed by atoms with Crippen molar-refractivity contribution in [2.45, 2.75) is 135 Å². The predicted octanol–water partition coefficient (Wildman–Crippen LogP) is 4.39. The van der Waals surface area contributed by atoms with Crippen LogP contribution in [0.5, 0.6) is 0 Å². The highest BCUT2D eigenvalue weighted by atomic mass is 16.6. The molecule has 0 aliphatic carbocycles. The van der Waals surface area contributed by atoms with E-state index in [1.165, 1.54) is 90.4 Å². The van der Waals surface area contributed by atoms with Gasteiger partial charge in [-0.1, -0.05) is 96.8 Å². The van der Waals surface area contributed by atoms with Gasteiger partial charge < -0.3 is 4.74 Å². The summed E-state index contributed by atoms with van der Waals surface area (Å²) in [6.45, 7) is 3.71. The minimum atomic E-state index is -1.61. The molecule has 6 nitrogen and oxygen atoms in total. The Morgan fingerprint density at radius 3 is 1.39 bits per heavy atom. The molecule has 0 aromatic heterocycles. The number of hydrogen-bond donors (Lipinski definition) is 4. The lowest BCUT2D eigenvalue weighted by Crippen LogP contribution is -2.63. The van der Waals surface area contributed by atoms with Crippen molar-refractivity contribution < 1.29 is 9.53 Å². The highest BCUT2D eigenvalue weighted by Gasteiger charge is 2.30. The second-order valence-corrected chi connectivity index (χ2v) is 8.66. The number of carbonyl (C=O) groups is 1. The van der Waals surface area contributed by atoms with Crippen LogP contribution in [-0.4, -0.2) is 17.5 Å². The lowest BCUT2D eigenvalue weighted by atomic mass is 10.0. The van der Waals surface area contributed by atoms with Crippen LogP contribution in [0.4, 0.5) is 0 Å². The van der Waals surface area contributed by atoms with Crippen LogP contribution < -0.4 is 22.9 Å². The van der Waals surface area contributed by atoms with Gasteiger partial charge in [0.1, 0.15) is 5.78 Å². The van der Waals surface area contributed by atoms with Gasteiger partial charge in [0, 0.05) is 6.42 Å². The Labute approximate surface area is 173 Å². The molecule has 0 radical (unpaired) electrons. The Bertz CT molecular complexity index is 381. The topological polar surface area (TPSA) is 130 Å². The third kappa shape index (κ3) is 20.2. The van der Waals surface area contributed by atoms with Gasteiger partial charge in [-0.15, -0.1) is 0 Å². The van der Waals surface area contributed by atoms with E-state index in [1.807, 2.05) is 0 Å². The highest BCUT2D eigenvalue weighted by Crippen LogP contribution is 2.15. The van der Waals surface area contributed by atoms with E-state index in [0.717, 1.165) is 12.8 Å². The van der Waals surface area contributed by atoms with Crippen LogP contribution >= 0.6 is 0 Å². The molecule has 6 heteroatoms. The smallest absolute Gasteiger partial charge is 0.180 e. The van der Waals surface area contributed by atoms with Gasteiger partial charge in [0.2, 0.25) is 0 Å². The van der Waals surface area contributed by atoms with Crippen LogP contribution in [-0.2, 0) is 9.53 Å². The third-order valence-corrected chi connectivity index (χ3v) is 4.94. The Morgan fingerprint density at radius 2 is 1.04 bits per heavy atom. The molecule has 0 aromatic rings. The molecule has 0 saturated carbocycles. The fourth-order valence-corrected chi connectivity index (χ4v) is 3.54.